The number of para-hydroxylation sites is 1. The van der Waals surface area contributed by atoms with Crippen LogP contribution in [0, 0.1) is 0 Å². The first kappa shape index (κ1) is 10.0. The Morgan fingerprint density at radius 1 is 1.35 bits per heavy atom. The summed E-state index contributed by atoms with van der Waals surface area (Å²) in [5.41, 5.74) is 0.528. The van der Waals surface area contributed by atoms with Gasteiger partial charge in [-0.1, -0.05) is 12.1 Å². The van der Waals surface area contributed by atoms with Crippen molar-refractivity contribution in [1.29, 1.82) is 0 Å². The molecule has 0 saturated heterocycles. The average molecular weight is 229 g/mol. The van der Waals surface area contributed by atoms with Crippen LogP contribution in [0.3, 0.4) is 0 Å². The molecule has 1 amide bonds. The van der Waals surface area contributed by atoms with Crippen LogP contribution >= 0.6 is 0 Å². The molecule has 2 heterocycles. The summed E-state index contributed by atoms with van der Waals surface area (Å²) in [7, 11) is 0. The Bertz CT molecular complexity index is 675. The molecule has 5 heteroatoms. The Labute approximate surface area is 97.1 Å². The summed E-state index contributed by atoms with van der Waals surface area (Å²) in [6, 6.07) is 6.68. The normalized spacial score (nSPS) is 18.9. The van der Waals surface area contributed by atoms with E-state index in [1.54, 1.807) is 25.1 Å². The van der Waals surface area contributed by atoms with Crippen LogP contribution < -0.4 is 10.9 Å². The maximum absolute atomic E-state index is 12.3. The van der Waals surface area contributed by atoms with E-state index in [2.05, 4.69) is 10.3 Å². The van der Waals surface area contributed by atoms with Crippen LogP contribution in [0.2, 0.25) is 0 Å². The van der Waals surface area contributed by atoms with Crippen LogP contribution in [0.15, 0.2) is 29.1 Å². The third-order valence-electron chi connectivity index (χ3n) is 3.07. The predicted molar refractivity (Wildman–Crippen MR) is 62.6 cm³/mol. The summed E-state index contributed by atoms with van der Waals surface area (Å²) in [6.45, 7) is 2.01. The Morgan fingerprint density at radius 3 is 2.94 bits per heavy atom. The largest absolute Gasteiger partial charge is 0.347 e. The van der Waals surface area contributed by atoms with Gasteiger partial charge in [0, 0.05) is 0 Å². The van der Waals surface area contributed by atoms with Crippen LogP contribution in [-0.4, -0.2) is 15.5 Å². The lowest BCUT2D eigenvalue weighted by Crippen LogP contribution is -2.43. The molecule has 0 saturated carbocycles. The molecule has 1 aliphatic heterocycles. The first-order valence-electron chi connectivity index (χ1n) is 5.46. The lowest BCUT2D eigenvalue weighted by Gasteiger charge is -2.24. The van der Waals surface area contributed by atoms with Gasteiger partial charge < -0.3 is 5.32 Å². The summed E-state index contributed by atoms with van der Waals surface area (Å²) in [4.78, 5) is 28.2. The fourth-order valence-corrected chi connectivity index (χ4v) is 2.15. The van der Waals surface area contributed by atoms with Crippen LogP contribution in [0.25, 0.3) is 10.9 Å². The van der Waals surface area contributed by atoms with Crippen LogP contribution in [0.4, 0.5) is 0 Å². The summed E-state index contributed by atoms with van der Waals surface area (Å²) in [6.07, 6.45) is 0. The Kier molecular flexibility index (Phi) is 2.01. The molecule has 0 unspecified atom stereocenters. The number of amides is 1. The molecule has 86 valence electrons. The minimum atomic E-state index is -0.497. The van der Waals surface area contributed by atoms with Crippen LogP contribution in [-0.2, 0) is 11.3 Å². The zero-order valence-corrected chi connectivity index (χ0v) is 9.30. The molecule has 0 fully saturated rings. The Morgan fingerprint density at radius 2 is 2.12 bits per heavy atom. The lowest BCUT2D eigenvalue weighted by atomic mass is 10.2. The third-order valence-corrected chi connectivity index (χ3v) is 3.07. The van der Waals surface area contributed by atoms with E-state index in [0.717, 1.165) is 0 Å². The second-order valence-electron chi connectivity index (χ2n) is 4.11. The lowest BCUT2D eigenvalue weighted by molar-refractivity contribution is -0.125. The van der Waals surface area contributed by atoms with E-state index in [1.165, 1.54) is 4.57 Å². The number of carbonyl (C=O) groups is 1. The van der Waals surface area contributed by atoms with E-state index < -0.39 is 6.04 Å². The van der Waals surface area contributed by atoms with Crippen molar-refractivity contribution in [1.82, 2.24) is 14.9 Å². The number of rotatable bonds is 0. The smallest absolute Gasteiger partial charge is 0.262 e. The number of fused-ring (bicyclic) bond motifs is 2. The van der Waals surface area contributed by atoms with Crippen molar-refractivity contribution < 1.29 is 4.79 Å². The average Bonchev–Trinajstić information content (AvgIpc) is 2.34. The number of aromatic nitrogens is 2. The molecule has 0 bridgehead atoms. The fourth-order valence-electron chi connectivity index (χ4n) is 2.15. The van der Waals surface area contributed by atoms with Gasteiger partial charge in [0.2, 0.25) is 5.91 Å². The molecule has 0 aliphatic carbocycles. The number of benzene rings is 1. The van der Waals surface area contributed by atoms with Crippen LogP contribution in [0.5, 0.6) is 0 Å². The summed E-state index contributed by atoms with van der Waals surface area (Å²) in [5, 5.41) is 3.27. The maximum Gasteiger partial charge on any atom is 0.262 e. The molecule has 1 aliphatic rings. The van der Waals surface area contributed by atoms with Gasteiger partial charge in [0.1, 0.15) is 11.9 Å². The Hall–Kier alpha value is -2.17. The minimum Gasteiger partial charge on any atom is -0.347 e. The molecule has 1 N–H and O–H groups in total. The van der Waals surface area contributed by atoms with Crippen molar-refractivity contribution >= 4 is 16.8 Å². The number of hydrogen-bond donors (Lipinski definition) is 1. The van der Waals surface area contributed by atoms with E-state index in [1.807, 2.05) is 6.07 Å². The second-order valence-corrected chi connectivity index (χ2v) is 4.11. The third kappa shape index (κ3) is 1.35. The number of nitrogens with zero attached hydrogens (tertiary/aromatic N) is 2. The van der Waals surface area contributed by atoms with Crippen molar-refractivity contribution in [2.24, 2.45) is 0 Å². The van der Waals surface area contributed by atoms with Gasteiger partial charge in [-0.2, -0.15) is 0 Å². The zero-order chi connectivity index (χ0) is 12.0. The van der Waals surface area contributed by atoms with Crippen molar-refractivity contribution in [3.63, 3.8) is 0 Å². The van der Waals surface area contributed by atoms with Gasteiger partial charge in [0.05, 0.1) is 17.4 Å². The van der Waals surface area contributed by atoms with Gasteiger partial charge >= 0.3 is 0 Å². The van der Waals surface area contributed by atoms with Gasteiger partial charge in [0.15, 0.2) is 0 Å². The SMILES string of the molecule is C[C@H]1C(=O)NCc2nc3ccccc3c(=O)n21. The molecule has 17 heavy (non-hydrogen) atoms. The molecular weight excluding hydrogens is 218 g/mol. The summed E-state index contributed by atoms with van der Waals surface area (Å²) >= 11 is 0. The van der Waals surface area contributed by atoms with Gasteiger partial charge in [-0.3, -0.25) is 14.2 Å². The standard InChI is InChI=1S/C12H11N3O2/c1-7-11(16)13-6-10-14-9-5-3-2-4-8(9)12(17)15(7)10/h2-5,7H,6H2,1H3,(H,13,16)/t7-/m0/s1. The topological polar surface area (TPSA) is 64.0 Å². The first-order chi connectivity index (χ1) is 8.18. The molecule has 1 aromatic heterocycles. The van der Waals surface area contributed by atoms with Crippen molar-refractivity contribution in [2.75, 3.05) is 0 Å². The molecular formula is C12H11N3O2. The van der Waals surface area contributed by atoms with E-state index in [4.69, 9.17) is 0 Å². The minimum absolute atomic E-state index is 0.142. The van der Waals surface area contributed by atoms with Gasteiger partial charge in [0.25, 0.3) is 5.56 Å². The van der Waals surface area contributed by atoms with Crippen molar-refractivity contribution in [3.8, 4) is 0 Å². The van der Waals surface area contributed by atoms with E-state index >= 15 is 0 Å². The van der Waals surface area contributed by atoms with Gasteiger partial charge in [-0.05, 0) is 19.1 Å². The van der Waals surface area contributed by atoms with E-state index in [0.29, 0.717) is 23.3 Å². The van der Waals surface area contributed by atoms with E-state index in [9.17, 15) is 9.59 Å². The molecule has 3 rings (SSSR count). The highest BCUT2D eigenvalue weighted by Gasteiger charge is 2.25. The molecule has 0 spiro atoms. The molecule has 1 aromatic carbocycles. The zero-order valence-electron chi connectivity index (χ0n) is 9.30. The highest BCUT2D eigenvalue weighted by molar-refractivity contribution is 5.82. The Balaban J connectivity index is 2.40. The van der Waals surface area contributed by atoms with Gasteiger partial charge in [-0.15, -0.1) is 0 Å². The molecule has 1 atom stereocenters. The van der Waals surface area contributed by atoms with Crippen molar-refractivity contribution in [2.45, 2.75) is 19.5 Å². The molecule has 0 radical (unpaired) electrons. The molecule has 2 aromatic rings. The van der Waals surface area contributed by atoms with Crippen molar-refractivity contribution in [3.05, 3.63) is 40.4 Å². The predicted octanol–water partition coefficient (Wildman–Crippen LogP) is 0.587. The second kappa shape index (κ2) is 3.41. The highest BCUT2D eigenvalue weighted by Crippen LogP contribution is 2.15. The highest BCUT2D eigenvalue weighted by atomic mass is 16.2. The first-order valence-corrected chi connectivity index (χ1v) is 5.46. The number of carbonyl (C=O) groups excluding carboxylic acids is 1. The number of nitrogens with one attached hydrogen (secondary N) is 1. The maximum atomic E-state index is 12.3. The monoisotopic (exact) mass is 229 g/mol. The quantitative estimate of drug-likeness (QED) is 0.719. The van der Waals surface area contributed by atoms with E-state index in [-0.39, 0.29) is 11.5 Å². The van der Waals surface area contributed by atoms with Gasteiger partial charge in [-0.25, -0.2) is 4.98 Å². The number of hydrogen-bond acceptors (Lipinski definition) is 3. The fraction of sp³-hybridized carbons (Fsp3) is 0.250. The van der Waals surface area contributed by atoms with Crippen LogP contribution in [0.1, 0.15) is 18.8 Å². The molecule has 5 nitrogen and oxygen atoms in total. The summed E-state index contributed by atoms with van der Waals surface area (Å²) < 4.78 is 1.47. The summed E-state index contributed by atoms with van der Waals surface area (Å²) in [5.74, 6) is 0.470.